The zero-order valence-corrected chi connectivity index (χ0v) is 17.4. The van der Waals surface area contributed by atoms with E-state index in [1.54, 1.807) is 25.7 Å². The number of ketones is 1. The first-order valence-corrected chi connectivity index (χ1v) is 10.2. The van der Waals surface area contributed by atoms with Gasteiger partial charge in [-0.15, -0.1) is 0 Å². The molecular formula is C22H27F4NO3. The Labute approximate surface area is 173 Å². The number of Topliss-reactive ketones (excluding diaryl/α,β-unsaturated/α-hetero) is 1. The van der Waals surface area contributed by atoms with Gasteiger partial charge in [-0.05, 0) is 76.6 Å². The average molecular weight is 429 g/mol. The fraction of sp³-hybridized carbons (Fsp3) is 0.636. The van der Waals surface area contributed by atoms with Crippen LogP contribution in [0.4, 0.5) is 22.4 Å². The summed E-state index contributed by atoms with van der Waals surface area (Å²) in [6.07, 6.45) is -2.36. The van der Waals surface area contributed by atoms with Crippen molar-refractivity contribution < 1.29 is 31.9 Å². The van der Waals surface area contributed by atoms with Gasteiger partial charge in [0, 0.05) is 24.4 Å². The third-order valence-electron chi connectivity index (χ3n) is 5.77. The Hall–Kier alpha value is -2.12. The number of fused-ring (bicyclic) bond motifs is 2. The molecular weight excluding hydrogens is 402 g/mol. The second-order valence-corrected chi connectivity index (χ2v) is 9.24. The van der Waals surface area contributed by atoms with Crippen molar-refractivity contribution in [2.24, 2.45) is 5.92 Å². The number of halogens is 4. The summed E-state index contributed by atoms with van der Waals surface area (Å²) >= 11 is 0. The Kier molecular flexibility index (Phi) is 6.16. The first-order valence-electron chi connectivity index (χ1n) is 10.2. The van der Waals surface area contributed by atoms with E-state index >= 15 is 0 Å². The third-order valence-corrected chi connectivity index (χ3v) is 5.77. The van der Waals surface area contributed by atoms with Crippen LogP contribution in [0.5, 0.6) is 0 Å². The SMILES string of the molecule is CC(C)(C)OC(=O)N1C2CCCC1CC(C(=O)Cc1cc(F)ccc1C(F)(F)F)C2. The van der Waals surface area contributed by atoms with Gasteiger partial charge in [-0.3, -0.25) is 4.79 Å². The Bertz CT molecular complexity index is 802. The van der Waals surface area contributed by atoms with Gasteiger partial charge in [0.05, 0.1) is 5.56 Å². The molecule has 8 heteroatoms. The van der Waals surface area contributed by atoms with Crippen molar-refractivity contribution in [3.63, 3.8) is 0 Å². The van der Waals surface area contributed by atoms with Gasteiger partial charge >= 0.3 is 12.3 Å². The van der Waals surface area contributed by atoms with Gasteiger partial charge in [0.1, 0.15) is 17.2 Å². The lowest BCUT2D eigenvalue weighted by atomic mass is 9.76. The van der Waals surface area contributed by atoms with Crippen LogP contribution in [-0.4, -0.2) is 34.5 Å². The molecule has 2 saturated heterocycles. The van der Waals surface area contributed by atoms with Crippen molar-refractivity contribution in [2.45, 2.75) is 83.2 Å². The first kappa shape index (κ1) is 22.6. The van der Waals surface area contributed by atoms with Crippen molar-refractivity contribution in [3.8, 4) is 0 Å². The molecule has 0 radical (unpaired) electrons. The standard InChI is InChI=1S/C22H27F4NO3/c1-21(2,3)30-20(29)27-16-5-4-6-17(27)11-14(10-16)19(28)12-13-9-15(23)7-8-18(13)22(24,25)26/h7-9,14,16-17H,4-6,10-12H2,1-3H3. The molecule has 2 bridgehead atoms. The van der Waals surface area contributed by atoms with E-state index in [1.807, 2.05) is 0 Å². The third kappa shape index (κ3) is 5.13. The highest BCUT2D eigenvalue weighted by molar-refractivity contribution is 5.84. The molecule has 1 aromatic rings. The molecule has 2 heterocycles. The Morgan fingerprint density at radius 3 is 2.23 bits per heavy atom. The summed E-state index contributed by atoms with van der Waals surface area (Å²) in [6.45, 7) is 5.36. The molecule has 3 rings (SSSR count). The van der Waals surface area contributed by atoms with Crippen LogP contribution in [0.3, 0.4) is 0 Å². The maximum absolute atomic E-state index is 13.6. The Balaban J connectivity index is 1.75. The summed E-state index contributed by atoms with van der Waals surface area (Å²) in [4.78, 5) is 27.2. The van der Waals surface area contributed by atoms with Gasteiger partial charge < -0.3 is 9.64 Å². The normalized spacial score (nSPS) is 24.5. The summed E-state index contributed by atoms with van der Waals surface area (Å²) in [6, 6.07) is 1.88. The number of piperidine rings is 2. The van der Waals surface area contributed by atoms with E-state index in [9.17, 15) is 27.2 Å². The smallest absolute Gasteiger partial charge is 0.416 e. The maximum Gasteiger partial charge on any atom is 0.416 e. The number of carbonyl (C=O) groups excluding carboxylic acids is 2. The largest absolute Gasteiger partial charge is 0.444 e. The first-order chi connectivity index (χ1) is 13.8. The summed E-state index contributed by atoms with van der Waals surface area (Å²) in [5, 5.41) is 0. The molecule has 2 aliphatic rings. The van der Waals surface area contributed by atoms with Crippen LogP contribution in [0.1, 0.15) is 64.0 Å². The lowest BCUT2D eigenvalue weighted by molar-refractivity contribution is -0.138. The topological polar surface area (TPSA) is 46.6 Å². The molecule has 0 N–H and O–H groups in total. The molecule has 2 aliphatic heterocycles. The number of carbonyl (C=O) groups is 2. The minimum Gasteiger partial charge on any atom is -0.444 e. The van der Waals surface area contributed by atoms with Crippen molar-refractivity contribution >= 4 is 11.9 Å². The van der Waals surface area contributed by atoms with Gasteiger partial charge in [0.25, 0.3) is 0 Å². The molecule has 0 aromatic heterocycles. The van der Waals surface area contributed by atoms with Gasteiger partial charge in [-0.25, -0.2) is 9.18 Å². The Morgan fingerprint density at radius 1 is 1.10 bits per heavy atom. The van der Waals surface area contributed by atoms with Crippen LogP contribution in [0.2, 0.25) is 0 Å². The molecule has 0 spiro atoms. The summed E-state index contributed by atoms with van der Waals surface area (Å²) < 4.78 is 58.8. The molecule has 2 fully saturated rings. The number of ether oxygens (including phenoxy) is 1. The van der Waals surface area contributed by atoms with Crippen LogP contribution in [0.15, 0.2) is 18.2 Å². The van der Waals surface area contributed by atoms with Gasteiger partial charge in [0.15, 0.2) is 0 Å². The second kappa shape index (κ2) is 8.19. The van der Waals surface area contributed by atoms with Crippen LogP contribution in [0.25, 0.3) is 0 Å². The van der Waals surface area contributed by atoms with Crippen molar-refractivity contribution in [3.05, 3.63) is 35.1 Å². The number of nitrogens with zero attached hydrogens (tertiary/aromatic N) is 1. The fourth-order valence-electron chi connectivity index (χ4n) is 4.57. The molecule has 30 heavy (non-hydrogen) atoms. The molecule has 2 unspecified atom stereocenters. The zero-order chi connectivity index (χ0) is 22.3. The van der Waals surface area contributed by atoms with E-state index in [4.69, 9.17) is 4.74 Å². The van der Waals surface area contributed by atoms with Gasteiger partial charge in [-0.1, -0.05) is 0 Å². The Morgan fingerprint density at radius 2 is 1.70 bits per heavy atom. The van der Waals surface area contributed by atoms with E-state index in [1.165, 1.54) is 0 Å². The highest BCUT2D eigenvalue weighted by Gasteiger charge is 2.44. The van der Waals surface area contributed by atoms with Crippen LogP contribution in [-0.2, 0) is 22.1 Å². The van der Waals surface area contributed by atoms with E-state index in [2.05, 4.69) is 0 Å². The van der Waals surface area contributed by atoms with Crippen LogP contribution in [0, 0.1) is 11.7 Å². The highest BCUT2D eigenvalue weighted by atomic mass is 19.4. The predicted octanol–water partition coefficient (Wildman–Crippen LogP) is 5.52. The lowest BCUT2D eigenvalue weighted by Crippen LogP contribution is -2.56. The maximum atomic E-state index is 13.6. The molecule has 0 aliphatic carbocycles. The summed E-state index contributed by atoms with van der Waals surface area (Å²) in [7, 11) is 0. The van der Waals surface area contributed by atoms with E-state index < -0.39 is 41.6 Å². The minimum absolute atomic E-state index is 0.170. The quantitative estimate of drug-likeness (QED) is 0.594. The highest BCUT2D eigenvalue weighted by Crippen LogP contribution is 2.39. The second-order valence-electron chi connectivity index (χ2n) is 9.24. The lowest BCUT2D eigenvalue weighted by Gasteiger charge is -2.48. The van der Waals surface area contributed by atoms with Crippen molar-refractivity contribution in [2.75, 3.05) is 0 Å². The van der Waals surface area contributed by atoms with E-state index in [0.717, 1.165) is 31.4 Å². The number of hydrogen-bond donors (Lipinski definition) is 0. The monoisotopic (exact) mass is 429 g/mol. The molecule has 166 valence electrons. The molecule has 0 saturated carbocycles. The van der Waals surface area contributed by atoms with E-state index in [0.29, 0.717) is 18.9 Å². The van der Waals surface area contributed by atoms with Crippen molar-refractivity contribution in [1.29, 1.82) is 0 Å². The number of alkyl halides is 3. The number of rotatable bonds is 3. The van der Waals surface area contributed by atoms with Crippen LogP contribution < -0.4 is 0 Å². The molecule has 1 aromatic carbocycles. The number of hydrogen-bond acceptors (Lipinski definition) is 3. The molecule has 2 atom stereocenters. The van der Waals surface area contributed by atoms with Crippen molar-refractivity contribution in [1.82, 2.24) is 4.90 Å². The van der Waals surface area contributed by atoms with Crippen LogP contribution >= 0.6 is 0 Å². The predicted molar refractivity (Wildman–Crippen MR) is 102 cm³/mol. The minimum atomic E-state index is -4.65. The van der Waals surface area contributed by atoms with Gasteiger partial charge in [0.2, 0.25) is 0 Å². The number of benzene rings is 1. The summed E-state index contributed by atoms with van der Waals surface area (Å²) in [5.74, 6) is -1.60. The molecule has 1 amide bonds. The summed E-state index contributed by atoms with van der Waals surface area (Å²) in [5.41, 5.74) is -1.96. The fourth-order valence-corrected chi connectivity index (χ4v) is 4.57. The average Bonchev–Trinajstić information content (AvgIpc) is 2.57. The van der Waals surface area contributed by atoms with E-state index in [-0.39, 0.29) is 23.4 Å². The van der Waals surface area contributed by atoms with Gasteiger partial charge in [-0.2, -0.15) is 13.2 Å². The number of amides is 1. The zero-order valence-electron chi connectivity index (χ0n) is 17.4. The molecule has 4 nitrogen and oxygen atoms in total.